The maximum absolute atomic E-state index is 4.44. The standard InChI is InChI=1S/C12H10N.C9H7.2ClH.Hf/c1-3-7-11(8-4-1)13-12-9-5-2-6-10-12;1-2-5-9-7-3-6-8(9)4-1;;;/h1-10H;1-7H;2*1H;/q2*-1;;;+4/p-2. The first-order chi connectivity index (χ1) is 10.9. The number of halogens is 2. The van der Waals surface area contributed by atoms with Gasteiger partial charge in [-0.25, -0.2) is 0 Å². The van der Waals surface area contributed by atoms with Crippen LogP contribution in [0.1, 0.15) is 0 Å². The van der Waals surface area contributed by atoms with E-state index in [0.717, 1.165) is 11.4 Å². The van der Waals surface area contributed by atoms with Crippen LogP contribution in [-0.2, 0) is 25.8 Å². The van der Waals surface area contributed by atoms with Crippen LogP contribution in [-0.4, -0.2) is 0 Å². The van der Waals surface area contributed by atoms with Gasteiger partial charge in [0.05, 0.1) is 0 Å². The van der Waals surface area contributed by atoms with Crippen LogP contribution in [0.25, 0.3) is 16.1 Å². The van der Waals surface area contributed by atoms with Crippen molar-refractivity contribution in [1.29, 1.82) is 0 Å². The minimum atomic E-state index is 0. The summed E-state index contributed by atoms with van der Waals surface area (Å²) in [4.78, 5) is 0. The molecule has 0 amide bonds. The third-order valence-corrected chi connectivity index (χ3v) is 3.32. The van der Waals surface area contributed by atoms with E-state index in [1.807, 2.05) is 60.7 Å². The molecule has 4 rings (SSSR count). The summed E-state index contributed by atoms with van der Waals surface area (Å²) in [6, 6.07) is 34.6. The van der Waals surface area contributed by atoms with E-state index < -0.39 is 0 Å². The molecule has 0 aliphatic carbocycles. The molecule has 124 valence electrons. The fraction of sp³-hybridized carbons (Fsp3) is 0. The zero-order valence-corrected chi connectivity index (χ0v) is 18.6. The van der Waals surface area contributed by atoms with Gasteiger partial charge in [-0.15, -0.1) is 41.0 Å². The van der Waals surface area contributed by atoms with Gasteiger partial charge >= 0.3 is 25.8 Å². The van der Waals surface area contributed by atoms with Crippen LogP contribution >= 0.6 is 0 Å². The summed E-state index contributed by atoms with van der Waals surface area (Å²) in [5.41, 5.74) is 1.99. The van der Waals surface area contributed by atoms with E-state index in [4.69, 9.17) is 0 Å². The predicted octanol–water partition coefficient (Wildman–Crippen LogP) is 0.588. The summed E-state index contributed by atoms with van der Waals surface area (Å²) in [6.07, 6.45) is 0. The molecule has 0 aliphatic rings. The quantitative estimate of drug-likeness (QED) is 0.265. The second kappa shape index (κ2) is 12.8. The number of benzene rings is 3. The first-order valence-electron chi connectivity index (χ1n) is 7.34. The average molecular weight is 533 g/mol. The molecule has 0 radical (unpaired) electrons. The summed E-state index contributed by atoms with van der Waals surface area (Å²) in [6.45, 7) is 0. The van der Waals surface area contributed by atoms with E-state index in [9.17, 15) is 0 Å². The van der Waals surface area contributed by atoms with Gasteiger partial charge < -0.3 is 30.1 Å². The van der Waals surface area contributed by atoms with Crippen LogP contribution in [0.5, 0.6) is 0 Å². The molecule has 0 saturated heterocycles. The van der Waals surface area contributed by atoms with Crippen molar-refractivity contribution in [3.63, 3.8) is 0 Å². The Labute approximate surface area is 180 Å². The van der Waals surface area contributed by atoms with Gasteiger partial charge in [-0.05, 0) is 0 Å². The van der Waals surface area contributed by atoms with Crippen molar-refractivity contribution in [3.05, 3.63) is 108 Å². The van der Waals surface area contributed by atoms with Crippen LogP contribution in [0.4, 0.5) is 11.4 Å². The van der Waals surface area contributed by atoms with Gasteiger partial charge in [-0.3, -0.25) is 0 Å². The molecular formula is C21H17Cl2HfN. The smallest absolute Gasteiger partial charge is 1.00 e. The molecule has 0 atom stereocenters. The maximum atomic E-state index is 4.44. The number of para-hydroxylation sites is 2. The van der Waals surface area contributed by atoms with Crippen molar-refractivity contribution in [2.24, 2.45) is 0 Å². The van der Waals surface area contributed by atoms with Gasteiger partial charge in [-0.2, -0.15) is 17.5 Å². The molecule has 0 heterocycles. The Hall–Kier alpha value is -1.48. The van der Waals surface area contributed by atoms with E-state index in [1.165, 1.54) is 10.8 Å². The Kier molecular flexibility index (Phi) is 12.1. The topological polar surface area (TPSA) is 14.1 Å². The fourth-order valence-corrected chi connectivity index (χ4v) is 2.22. The number of nitrogens with zero attached hydrogens (tertiary/aromatic N) is 1. The average Bonchev–Trinajstić information content (AvgIpc) is 3.06. The Bertz CT molecular complexity index is 749. The largest absolute Gasteiger partial charge is 4.00 e. The van der Waals surface area contributed by atoms with Gasteiger partial charge in [0, 0.05) is 0 Å². The van der Waals surface area contributed by atoms with E-state index in [-0.39, 0.29) is 50.7 Å². The van der Waals surface area contributed by atoms with Crippen molar-refractivity contribution in [2.75, 3.05) is 0 Å². The van der Waals surface area contributed by atoms with Crippen molar-refractivity contribution < 1.29 is 50.7 Å². The second-order valence-electron chi connectivity index (χ2n) is 4.94. The number of hydrogen-bond donors (Lipinski definition) is 0. The van der Waals surface area contributed by atoms with Crippen molar-refractivity contribution in [2.45, 2.75) is 0 Å². The molecule has 0 unspecified atom stereocenters. The van der Waals surface area contributed by atoms with Crippen LogP contribution in [0.2, 0.25) is 0 Å². The number of fused-ring (bicyclic) bond motifs is 1. The molecular weight excluding hydrogens is 516 g/mol. The SMILES string of the molecule is [Cl-].[Cl-].[Hf+4].c1ccc([N-]c2ccccc2)cc1.c1ccc2[cH-]ccc2c1. The second-order valence-corrected chi connectivity index (χ2v) is 4.94. The predicted molar refractivity (Wildman–Crippen MR) is 95.1 cm³/mol. The molecule has 4 aromatic carbocycles. The Morgan fingerprint density at radius 3 is 1.56 bits per heavy atom. The third kappa shape index (κ3) is 7.52. The van der Waals surface area contributed by atoms with Crippen molar-refractivity contribution in [3.8, 4) is 0 Å². The van der Waals surface area contributed by atoms with Crippen LogP contribution in [0, 0.1) is 0 Å². The van der Waals surface area contributed by atoms with Gasteiger partial charge in [0.25, 0.3) is 0 Å². The van der Waals surface area contributed by atoms with Crippen molar-refractivity contribution >= 4 is 22.1 Å². The minimum Gasteiger partial charge on any atom is -1.00 e. The molecule has 0 spiro atoms. The molecule has 0 saturated carbocycles. The zero-order chi connectivity index (χ0) is 15.0. The van der Waals surface area contributed by atoms with Gasteiger partial charge in [0.1, 0.15) is 0 Å². The first-order valence-corrected chi connectivity index (χ1v) is 7.34. The van der Waals surface area contributed by atoms with Gasteiger partial charge in [0.15, 0.2) is 0 Å². The van der Waals surface area contributed by atoms with Crippen molar-refractivity contribution in [1.82, 2.24) is 0 Å². The van der Waals surface area contributed by atoms with E-state index >= 15 is 0 Å². The van der Waals surface area contributed by atoms with E-state index in [0.29, 0.717) is 0 Å². The molecule has 0 bridgehead atoms. The molecule has 4 heteroatoms. The molecule has 1 nitrogen and oxygen atoms in total. The Morgan fingerprint density at radius 2 is 1.04 bits per heavy atom. The Balaban J connectivity index is 0.000000430. The molecule has 0 aliphatic heterocycles. The fourth-order valence-electron chi connectivity index (χ4n) is 2.22. The normalized spacial score (nSPS) is 8.64. The van der Waals surface area contributed by atoms with E-state index in [1.54, 1.807) is 0 Å². The van der Waals surface area contributed by atoms with Gasteiger partial charge in [0.2, 0.25) is 0 Å². The molecule has 0 aromatic heterocycles. The summed E-state index contributed by atoms with van der Waals surface area (Å²) >= 11 is 0. The summed E-state index contributed by atoms with van der Waals surface area (Å²) in [5, 5.41) is 7.10. The molecule has 0 N–H and O–H groups in total. The minimum absolute atomic E-state index is 0. The molecule has 0 fully saturated rings. The summed E-state index contributed by atoms with van der Waals surface area (Å²) in [5.74, 6) is 0. The van der Waals surface area contributed by atoms with Gasteiger partial charge in [-0.1, -0.05) is 66.7 Å². The van der Waals surface area contributed by atoms with Crippen LogP contribution in [0.15, 0.2) is 103 Å². The molecule has 25 heavy (non-hydrogen) atoms. The summed E-state index contributed by atoms with van der Waals surface area (Å²) < 4.78 is 0. The van der Waals surface area contributed by atoms with Crippen LogP contribution in [0.3, 0.4) is 0 Å². The zero-order valence-electron chi connectivity index (χ0n) is 13.5. The number of rotatable bonds is 2. The first kappa shape index (κ1) is 23.5. The van der Waals surface area contributed by atoms with E-state index in [2.05, 4.69) is 47.8 Å². The monoisotopic (exact) mass is 533 g/mol. The Morgan fingerprint density at radius 1 is 0.560 bits per heavy atom. The summed E-state index contributed by atoms with van der Waals surface area (Å²) in [7, 11) is 0. The maximum Gasteiger partial charge on any atom is 4.00 e. The number of hydrogen-bond acceptors (Lipinski definition) is 0. The van der Waals surface area contributed by atoms with Crippen LogP contribution < -0.4 is 24.8 Å². The third-order valence-electron chi connectivity index (χ3n) is 3.32. The molecule has 4 aromatic rings.